The quantitative estimate of drug-likeness (QED) is 0.274. The Morgan fingerprint density at radius 3 is 2.41 bits per heavy atom. The molecule has 1 N–H and O–H groups in total. The number of anilines is 1. The molecule has 0 aliphatic carbocycles. The van der Waals surface area contributed by atoms with Crippen LogP contribution in [0.15, 0.2) is 30.6 Å². The third-order valence-electron chi connectivity index (χ3n) is 4.68. The van der Waals surface area contributed by atoms with Crippen LogP contribution in [0.3, 0.4) is 0 Å². The molecule has 0 spiro atoms. The van der Waals surface area contributed by atoms with E-state index in [4.69, 9.17) is 32.8 Å². The van der Waals surface area contributed by atoms with Gasteiger partial charge in [0.1, 0.15) is 0 Å². The number of carbonyl (C=O) groups is 2. The van der Waals surface area contributed by atoms with Crippen molar-refractivity contribution in [2.45, 2.75) is 38.7 Å². The highest BCUT2D eigenvalue weighted by Crippen LogP contribution is 2.32. The first kappa shape index (κ1) is 27.6. The Bertz CT molecular complexity index is 961. The minimum absolute atomic E-state index is 0.00299. The molecule has 1 aromatic carbocycles. The van der Waals surface area contributed by atoms with Crippen LogP contribution in [-0.4, -0.2) is 49.2 Å². The number of hydroxylamine groups is 2. The number of carbonyl (C=O) groups excluding carboxylic acids is 2. The fraction of sp³-hybridized carbons (Fsp3) is 0.409. The largest absolute Gasteiger partial charge is 0.490 e. The molecule has 0 saturated heterocycles. The van der Waals surface area contributed by atoms with Crippen LogP contribution >= 0.6 is 23.2 Å². The average Bonchev–Trinajstić information content (AvgIpc) is 2.80. The SMILES string of the molecule is CON(C)C(=O)CCCCCCOc1cc(C(=O)Nc2c(Cl)cncc2Cl)ccc1OC(F)F. The second kappa shape index (κ2) is 13.9. The number of ether oxygens (including phenoxy) is 2. The van der Waals surface area contributed by atoms with Gasteiger partial charge in [0.25, 0.3) is 5.91 Å². The molecule has 12 heteroatoms. The first-order chi connectivity index (χ1) is 16.2. The molecule has 8 nitrogen and oxygen atoms in total. The van der Waals surface area contributed by atoms with Gasteiger partial charge >= 0.3 is 6.61 Å². The molecule has 34 heavy (non-hydrogen) atoms. The van der Waals surface area contributed by atoms with Crippen LogP contribution in [0.25, 0.3) is 0 Å². The van der Waals surface area contributed by atoms with Crippen molar-refractivity contribution in [1.29, 1.82) is 0 Å². The van der Waals surface area contributed by atoms with Gasteiger partial charge in [0.15, 0.2) is 11.5 Å². The Morgan fingerprint density at radius 1 is 1.09 bits per heavy atom. The number of halogens is 4. The number of unbranched alkanes of at least 4 members (excludes halogenated alkanes) is 3. The molecule has 0 aliphatic heterocycles. The summed E-state index contributed by atoms with van der Waals surface area (Å²) in [6.45, 7) is -2.85. The van der Waals surface area contributed by atoms with Crippen molar-refractivity contribution in [3.05, 3.63) is 46.2 Å². The highest BCUT2D eigenvalue weighted by Gasteiger charge is 2.17. The lowest BCUT2D eigenvalue weighted by molar-refractivity contribution is -0.168. The van der Waals surface area contributed by atoms with Gasteiger partial charge in [-0.25, -0.2) is 5.06 Å². The molecule has 2 rings (SSSR count). The zero-order chi connectivity index (χ0) is 25.1. The van der Waals surface area contributed by atoms with Gasteiger partial charge in [0.05, 0.1) is 29.4 Å². The van der Waals surface area contributed by atoms with Crippen LogP contribution in [0.2, 0.25) is 10.0 Å². The first-order valence-electron chi connectivity index (χ1n) is 10.4. The Labute approximate surface area is 206 Å². The molecule has 0 bridgehead atoms. The summed E-state index contributed by atoms with van der Waals surface area (Å²) in [6.07, 6.45) is 5.84. The molecule has 0 aliphatic rings. The van der Waals surface area contributed by atoms with Gasteiger partial charge in [-0.1, -0.05) is 36.0 Å². The van der Waals surface area contributed by atoms with E-state index in [0.29, 0.717) is 19.3 Å². The fourth-order valence-corrected chi connectivity index (χ4v) is 3.30. The first-order valence-corrected chi connectivity index (χ1v) is 11.1. The molecule has 0 unspecified atom stereocenters. The van der Waals surface area contributed by atoms with Crippen molar-refractivity contribution in [2.24, 2.45) is 0 Å². The summed E-state index contributed by atoms with van der Waals surface area (Å²) < 4.78 is 35.7. The Kier molecular flexibility index (Phi) is 11.2. The van der Waals surface area contributed by atoms with E-state index >= 15 is 0 Å². The van der Waals surface area contributed by atoms with Crippen LogP contribution in [0.4, 0.5) is 14.5 Å². The highest BCUT2D eigenvalue weighted by atomic mass is 35.5. The van der Waals surface area contributed by atoms with Crippen LogP contribution in [0.1, 0.15) is 42.5 Å². The highest BCUT2D eigenvalue weighted by molar-refractivity contribution is 6.39. The molecule has 0 fully saturated rings. The van der Waals surface area contributed by atoms with Crippen molar-refractivity contribution in [3.63, 3.8) is 0 Å². The van der Waals surface area contributed by atoms with Gasteiger partial charge in [0, 0.05) is 31.4 Å². The third-order valence-corrected chi connectivity index (χ3v) is 5.25. The Morgan fingerprint density at radius 2 is 1.76 bits per heavy atom. The van der Waals surface area contributed by atoms with Crippen LogP contribution in [-0.2, 0) is 9.63 Å². The summed E-state index contributed by atoms with van der Waals surface area (Å²) in [5.41, 5.74) is 0.301. The summed E-state index contributed by atoms with van der Waals surface area (Å²) in [5.74, 6) is -0.886. The number of nitrogens with one attached hydrogen (secondary N) is 1. The Hall–Kier alpha value is -2.69. The van der Waals surface area contributed by atoms with Crippen LogP contribution in [0, 0.1) is 0 Å². The molecule has 0 radical (unpaired) electrons. The minimum atomic E-state index is -3.06. The number of nitrogens with zero attached hydrogens (tertiary/aromatic N) is 2. The third kappa shape index (κ3) is 8.58. The molecule has 186 valence electrons. The number of benzene rings is 1. The number of aromatic nitrogens is 1. The lowest BCUT2D eigenvalue weighted by atomic mass is 10.1. The molecular formula is C22H25Cl2F2N3O5. The van der Waals surface area contributed by atoms with Crippen molar-refractivity contribution in [2.75, 3.05) is 26.1 Å². The van der Waals surface area contributed by atoms with Gasteiger partial charge in [-0.05, 0) is 31.0 Å². The summed E-state index contributed by atoms with van der Waals surface area (Å²) in [4.78, 5) is 32.9. The zero-order valence-corrected chi connectivity index (χ0v) is 20.2. The normalized spacial score (nSPS) is 10.8. The predicted octanol–water partition coefficient (Wildman–Crippen LogP) is 5.59. The van der Waals surface area contributed by atoms with E-state index in [1.165, 1.54) is 42.8 Å². The Balaban J connectivity index is 1.95. The topological polar surface area (TPSA) is 90.0 Å². The van der Waals surface area contributed by atoms with E-state index in [2.05, 4.69) is 15.0 Å². The molecule has 0 atom stereocenters. The summed E-state index contributed by atoms with van der Waals surface area (Å²) in [7, 11) is 2.97. The lowest BCUT2D eigenvalue weighted by Gasteiger charge is -2.14. The fourth-order valence-electron chi connectivity index (χ4n) is 2.85. The van der Waals surface area contributed by atoms with Gasteiger partial charge in [-0.15, -0.1) is 0 Å². The van der Waals surface area contributed by atoms with Crippen LogP contribution in [0.5, 0.6) is 11.5 Å². The van der Waals surface area contributed by atoms with Gasteiger partial charge in [0.2, 0.25) is 5.91 Å². The molecule has 2 aromatic rings. The van der Waals surface area contributed by atoms with E-state index in [1.54, 1.807) is 7.05 Å². The minimum Gasteiger partial charge on any atom is -0.490 e. The molecule has 0 saturated carbocycles. The van der Waals surface area contributed by atoms with Gasteiger partial charge in [-0.2, -0.15) is 8.78 Å². The zero-order valence-electron chi connectivity index (χ0n) is 18.7. The number of rotatable bonds is 13. The van der Waals surface area contributed by atoms with Gasteiger partial charge in [-0.3, -0.25) is 19.4 Å². The molecular weight excluding hydrogens is 495 g/mol. The van der Waals surface area contributed by atoms with E-state index in [-0.39, 0.29) is 45.3 Å². The average molecular weight is 520 g/mol. The van der Waals surface area contributed by atoms with Crippen molar-refractivity contribution >= 4 is 40.7 Å². The van der Waals surface area contributed by atoms with Crippen LogP contribution < -0.4 is 14.8 Å². The molecule has 1 aromatic heterocycles. The number of alkyl halides is 2. The van der Waals surface area contributed by atoms with E-state index in [0.717, 1.165) is 12.8 Å². The molecule has 2 amide bonds. The number of hydrogen-bond acceptors (Lipinski definition) is 6. The van der Waals surface area contributed by atoms with Crippen molar-refractivity contribution in [3.8, 4) is 11.5 Å². The van der Waals surface area contributed by atoms with E-state index < -0.39 is 12.5 Å². The smallest absolute Gasteiger partial charge is 0.387 e. The lowest BCUT2D eigenvalue weighted by Crippen LogP contribution is -2.24. The number of pyridine rings is 1. The van der Waals surface area contributed by atoms with E-state index in [1.807, 2.05) is 0 Å². The van der Waals surface area contributed by atoms with Gasteiger partial charge < -0.3 is 14.8 Å². The molecule has 1 heterocycles. The standard InChI is InChI=1S/C22H25Cl2F2N3O5/c1-29(32-2)19(30)7-5-3-4-6-10-33-18-11-14(8-9-17(18)34-22(25)26)21(31)28-20-15(23)12-27-13-16(20)24/h8-9,11-13,22H,3-7,10H2,1-2H3,(H,27,28,31). The van der Waals surface area contributed by atoms with E-state index in [9.17, 15) is 18.4 Å². The van der Waals surface area contributed by atoms with Crippen molar-refractivity contribution < 1.29 is 32.7 Å². The summed E-state index contributed by atoms with van der Waals surface area (Å²) in [6, 6.07) is 3.84. The predicted molar refractivity (Wildman–Crippen MR) is 124 cm³/mol. The summed E-state index contributed by atoms with van der Waals surface area (Å²) >= 11 is 12.0. The van der Waals surface area contributed by atoms with Crippen molar-refractivity contribution in [1.82, 2.24) is 10.0 Å². The maximum atomic E-state index is 12.8. The maximum absolute atomic E-state index is 12.8. The monoisotopic (exact) mass is 519 g/mol. The summed E-state index contributed by atoms with van der Waals surface area (Å²) in [5, 5.41) is 4.03. The number of amides is 2. The second-order valence-corrected chi connectivity index (χ2v) is 7.87. The maximum Gasteiger partial charge on any atom is 0.387 e. The number of hydrogen-bond donors (Lipinski definition) is 1. The second-order valence-electron chi connectivity index (χ2n) is 7.06.